The highest BCUT2D eigenvalue weighted by Gasteiger charge is 2.55. The minimum Gasteiger partial charge on any atom is -0.348 e. The van der Waals surface area contributed by atoms with Crippen LogP contribution in [-0.2, 0) is 9.59 Å². The van der Waals surface area contributed by atoms with E-state index in [4.69, 9.17) is 0 Å². The molecule has 6 nitrogen and oxygen atoms in total. The summed E-state index contributed by atoms with van der Waals surface area (Å²) in [5.74, 6) is -0.521. The third-order valence-electron chi connectivity index (χ3n) is 6.47. The van der Waals surface area contributed by atoms with E-state index >= 15 is 0 Å². The monoisotopic (exact) mass is 393 g/mol. The first-order chi connectivity index (χ1) is 13.9. The number of rotatable bonds is 4. The van der Waals surface area contributed by atoms with Gasteiger partial charge in [0.1, 0.15) is 12.1 Å². The number of amides is 4. The van der Waals surface area contributed by atoms with Crippen molar-refractivity contribution in [2.75, 3.05) is 6.54 Å². The predicted octanol–water partition coefficient (Wildman–Crippen LogP) is 3.52. The molecule has 1 spiro atoms. The van der Waals surface area contributed by atoms with Crippen LogP contribution in [-0.4, -0.2) is 34.8 Å². The number of hydrogen-bond donors (Lipinski definition) is 2. The van der Waals surface area contributed by atoms with E-state index < -0.39 is 11.6 Å². The first-order valence-electron chi connectivity index (χ1n) is 10.3. The van der Waals surface area contributed by atoms with E-state index in [9.17, 15) is 14.4 Å². The van der Waals surface area contributed by atoms with Gasteiger partial charge in [-0.15, -0.1) is 0 Å². The van der Waals surface area contributed by atoms with Crippen LogP contribution >= 0.6 is 0 Å². The third-order valence-corrected chi connectivity index (χ3v) is 6.47. The Morgan fingerprint density at radius 1 is 1.21 bits per heavy atom. The summed E-state index contributed by atoms with van der Waals surface area (Å²) in [7, 11) is 0. The number of hydrogen-bond acceptors (Lipinski definition) is 3. The summed E-state index contributed by atoms with van der Waals surface area (Å²) in [5.41, 5.74) is 0.169. The number of nitrogens with one attached hydrogen (secondary N) is 2. The van der Waals surface area contributed by atoms with Crippen LogP contribution < -0.4 is 10.6 Å². The van der Waals surface area contributed by atoms with Gasteiger partial charge in [-0.05, 0) is 42.0 Å². The molecule has 2 N–H and O–H groups in total. The van der Waals surface area contributed by atoms with Crippen molar-refractivity contribution in [3.8, 4) is 0 Å². The quantitative estimate of drug-likeness (QED) is 0.780. The molecule has 3 atom stereocenters. The van der Waals surface area contributed by atoms with Gasteiger partial charge in [-0.1, -0.05) is 62.2 Å². The molecule has 1 aliphatic heterocycles. The van der Waals surface area contributed by atoms with Crippen molar-refractivity contribution in [1.82, 2.24) is 15.5 Å². The highest BCUT2D eigenvalue weighted by Crippen LogP contribution is 2.38. The first kappa shape index (κ1) is 19.4. The lowest BCUT2D eigenvalue weighted by molar-refractivity contribution is -0.137. The van der Waals surface area contributed by atoms with Crippen molar-refractivity contribution >= 4 is 28.6 Å². The van der Waals surface area contributed by atoms with E-state index in [1.54, 1.807) is 0 Å². The highest BCUT2D eigenvalue weighted by molar-refractivity contribution is 6.09. The van der Waals surface area contributed by atoms with Gasteiger partial charge in [0.15, 0.2) is 0 Å². The summed E-state index contributed by atoms with van der Waals surface area (Å²) in [5, 5.41) is 8.02. The number of fused-ring (bicyclic) bond motifs is 1. The lowest BCUT2D eigenvalue weighted by Crippen LogP contribution is -2.54. The molecule has 1 saturated carbocycles. The van der Waals surface area contributed by atoms with Gasteiger partial charge >= 0.3 is 6.03 Å². The minimum absolute atomic E-state index is 0.0790. The van der Waals surface area contributed by atoms with Crippen molar-refractivity contribution in [1.29, 1.82) is 0 Å². The van der Waals surface area contributed by atoms with Crippen molar-refractivity contribution in [2.24, 2.45) is 5.92 Å². The maximum absolute atomic E-state index is 13.0. The average Bonchev–Trinajstić information content (AvgIpc) is 2.94. The molecular formula is C23H27N3O3. The number of nitrogens with zero attached hydrogens (tertiary/aromatic N) is 1. The van der Waals surface area contributed by atoms with Gasteiger partial charge in [0.05, 0.1) is 6.04 Å². The predicted molar refractivity (Wildman–Crippen MR) is 111 cm³/mol. The van der Waals surface area contributed by atoms with Gasteiger partial charge < -0.3 is 10.6 Å². The summed E-state index contributed by atoms with van der Waals surface area (Å²) >= 11 is 0. The maximum atomic E-state index is 13.0. The Hall–Kier alpha value is -2.89. The number of carbonyl (C=O) groups is 3. The molecule has 2 aliphatic rings. The molecule has 3 unspecified atom stereocenters. The number of urea groups is 1. The Labute approximate surface area is 170 Å². The molecule has 1 aliphatic carbocycles. The molecular weight excluding hydrogens is 366 g/mol. The normalized spacial score (nSPS) is 25.3. The third kappa shape index (κ3) is 3.37. The molecule has 1 heterocycles. The van der Waals surface area contributed by atoms with Crippen molar-refractivity contribution < 1.29 is 14.4 Å². The average molecular weight is 393 g/mol. The van der Waals surface area contributed by atoms with Crippen LogP contribution in [0.15, 0.2) is 42.5 Å². The minimum atomic E-state index is -0.836. The summed E-state index contributed by atoms with van der Waals surface area (Å²) in [6.45, 7) is 3.66. The van der Waals surface area contributed by atoms with E-state index in [1.165, 1.54) is 0 Å². The molecule has 2 aromatic rings. The lowest BCUT2D eigenvalue weighted by Gasteiger charge is -2.36. The fourth-order valence-corrected chi connectivity index (χ4v) is 4.78. The molecule has 29 heavy (non-hydrogen) atoms. The fraction of sp³-hybridized carbons (Fsp3) is 0.435. The summed E-state index contributed by atoms with van der Waals surface area (Å²) < 4.78 is 0. The second-order valence-corrected chi connectivity index (χ2v) is 8.30. The Kier molecular flexibility index (Phi) is 5.03. The molecule has 0 aromatic heterocycles. The smallest absolute Gasteiger partial charge is 0.325 e. The molecule has 2 aromatic carbocycles. The second-order valence-electron chi connectivity index (χ2n) is 8.30. The summed E-state index contributed by atoms with van der Waals surface area (Å²) in [6.07, 6.45) is 3.52. The van der Waals surface area contributed by atoms with E-state index in [2.05, 4.69) is 10.6 Å². The van der Waals surface area contributed by atoms with Crippen molar-refractivity contribution in [3.63, 3.8) is 0 Å². The zero-order valence-corrected chi connectivity index (χ0v) is 16.9. The van der Waals surface area contributed by atoms with E-state index in [0.29, 0.717) is 6.42 Å². The van der Waals surface area contributed by atoms with Crippen LogP contribution in [0.3, 0.4) is 0 Å². The Morgan fingerprint density at radius 2 is 1.97 bits per heavy atom. The zero-order chi connectivity index (χ0) is 20.6. The van der Waals surface area contributed by atoms with Crippen LogP contribution in [0.4, 0.5) is 4.79 Å². The largest absolute Gasteiger partial charge is 0.348 e. The number of carbonyl (C=O) groups excluding carboxylic acids is 3. The fourth-order valence-electron chi connectivity index (χ4n) is 4.78. The standard InChI is InChI=1S/C23H27N3O3/c1-15-8-5-6-13-23(15)21(28)26(22(29)25-23)14-20(27)24-16(2)18-12-7-10-17-9-3-4-11-19(17)18/h3-4,7,9-12,15-16H,5-6,8,13-14H2,1-2H3,(H,24,27)(H,25,29). The van der Waals surface area contributed by atoms with Crippen molar-refractivity contribution in [3.05, 3.63) is 48.0 Å². The molecule has 4 rings (SSSR count). The van der Waals surface area contributed by atoms with Gasteiger partial charge in [0.25, 0.3) is 5.91 Å². The molecule has 2 fully saturated rings. The highest BCUT2D eigenvalue weighted by atomic mass is 16.2. The Morgan fingerprint density at radius 3 is 2.76 bits per heavy atom. The molecule has 0 bridgehead atoms. The van der Waals surface area contributed by atoms with E-state index in [-0.39, 0.29) is 30.3 Å². The Bertz CT molecular complexity index is 967. The zero-order valence-electron chi connectivity index (χ0n) is 16.9. The topological polar surface area (TPSA) is 78.5 Å². The molecule has 1 saturated heterocycles. The molecule has 6 heteroatoms. The maximum Gasteiger partial charge on any atom is 0.325 e. The van der Waals surface area contributed by atoms with Gasteiger partial charge in [-0.3, -0.25) is 14.5 Å². The number of benzene rings is 2. The van der Waals surface area contributed by atoms with Gasteiger partial charge in [-0.25, -0.2) is 4.79 Å². The van der Waals surface area contributed by atoms with Gasteiger partial charge in [0.2, 0.25) is 5.91 Å². The second kappa shape index (κ2) is 7.50. The van der Waals surface area contributed by atoms with Crippen LogP contribution in [0, 0.1) is 5.92 Å². The molecule has 152 valence electrons. The number of imide groups is 1. The van der Waals surface area contributed by atoms with Crippen LogP contribution in [0.1, 0.15) is 51.1 Å². The van der Waals surface area contributed by atoms with Gasteiger partial charge in [-0.2, -0.15) is 0 Å². The summed E-state index contributed by atoms with van der Waals surface area (Å²) in [4.78, 5) is 39.3. The SMILES string of the molecule is CC(NC(=O)CN1C(=O)NC2(CCCCC2C)C1=O)c1cccc2ccccc12. The lowest BCUT2D eigenvalue weighted by atomic mass is 9.73. The first-order valence-corrected chi connectivity index (χ1v) is 10.3. The molecule has 0 radical (unpaired) electrons. The van der Waals surface area contributed by atoms with E-state index in [1.807, 2.05) is 56.3 Å². The van der Waals surface area contributed by atoms with Crippen LogP contribution in [0.25, 0.3) is 10.8 Å². The van der Waals surface area contributed by atoms with Crippen molar-refractivity contribution in [2.45, 2.75) is 51.1 Å². The van der Waals surface area contributed by atoms with Crippen LogP contribution in [0.5, 0.6) is 0 Å². The van der Waals surface area contributed by atoms with E-state index in [0.717, 1.165) is 40.5 Å². The summed E-state index contributed by atoms with van der Waals surface area (Å²) in [6, 6.07) is 13.3. The van der Waals surface area contributed by atoms with Crippen LogP contribution in [0.2, 0.25) is 0 Å². The Balaban J connectivity index is 1.47. The molecule has 4 amide bonds. The van der Waals surface area contributed by atoms with Gasteiger partial charge in [0, 0.05) is 0 Å².